The van der Waals surface area contributed by atoms with Crippen LogP contribution in [0.3, 0.4) is 0 Å². The Kier molecular flexibility index (Phi) is 6.03. The Labute approximate surface area is 105 Å². The molecule has 1 aromatic rings. The van der Waals surface area contributed by atoms with Crippen LogP contribution < -0.4 is 0 Å². The zero-order chi connectivity index (χ0) is 12.7. The van der Waals surface area contributed by atoms with E-state index in [0.717, 1.165) is 17.7 Å². The average molecular weight is 235 g/mol. The molecule has 17 heavy (non-hydrogen) atoms. The number of aromatic hydroxyl groups is 1. The highest BCUT2D eigenvalue weighted by Crippen LogP contribution is 2.23. The lowest BCUT2D eigenvalue weighted by Crippen LogP contribution is -1.95. The van der Waals surface area contributed by atoms with E-state index in [4.69, 9.17) is 0 Å². The van der Waals surface area contributed by atoms with Crippen molar-refractivity contribution in [2.24, 2.45) is 0 Å². The minimum absolute atomic E-state index is 0.369. The van der Waals surface area contributed by atoms with Crippen LogP contribution in [0.2, 0.25) is 0 Å². The van der Waals surface area contributed by atoms with Crippen molar-refractivity contribution in [3.8, 4) is 5.75 Å². The summed E-state index contributed by atoms with van der Waals surface area (Å²) in [6, 6.07) is 0. The molecular formula is C15H25NO. The van der Waals surface area contributed by atoms with Gasteiger partial charge in [-0.15, -0.1) is 0 Å². The Morgan fingerprint density at radius 3 is 2.41 bits per heavy atom. The molecule has 2 heteroatoms. The van der Waals surface area contributed by atoms with E-state index in [1.165, 1.54) is 44.1 Å². The zero-order valence-corrected chi connectivity index (χ0v) is 11.4. The van der Waals surface area contributed by atoms with Crippen LogP contribution in [0, 0.1) is 13.8 Å². The van der Waals surface area contributed by atoms with E-state index < -0.39 is 0 Å². The summed E-state index contributed by atoms with van der Waals surface area (Å²) in [5.74, 6) is 0.369. The maximum atomic E-state index is 9.80. The highest BCUT2D eigenvalue weighted by molar-refractivity contribution is 5.39. The second kappa shape index (κ2) is 7.31. The third-order valence-corrected chi connectivity index (χ3v) is 3.39. The van der Waals surface area contributed by atoms with Crippen molar-refractivity contribution in [3.63, 3.8) is 0 Å². The van der Waals surface area contributed by atoms with Crippen LogP contribution in [0.4, 0.5) is 0 Å². The molecule has 2 nitrogen and oxygen atoms in total. The first-order valence-electron chi connectivity index (χ1n) is 6.80. The minimum atomic E-state index is 0.369. The summed E-state index contributed by atoms with van der Waals surface area (Å²) in [5, 5.41) is 9.80. The molecule has 0 saturated carbocycles. The number of hydrogen-bond acceptors (Lipinski definition) is 2. The van der Waals surface area contributed by atoms with Crippen LogP contribution in [-0.4, -0.2) is 10.1 Å². The van der Waals surface area contributed by atoms with Crippen LogP contribution in [0.1, 0.15) is 62.3 Å². The van der Waals surface area contributed by atoms with Gasteiger partial charge in [-0.05, 0) is 37.8 Å². The molecule has 0 atom stereocenters. The first kappa shape index (κ1) is 14.0. The van der Waals surface area contributed by atoms with Gasteiger partial charge in [0.2, 0.25) is 0 Å². The molecule has 0 aliphatic heterocycles. The van der Waals surface area contributed by atoms with Crippen LogP contribution in [0.25, 0.3) is 0 Å². The van der Waals surface area contributed by atoms with Crippen molar-refractivity contribution >= 4 is 0 Å². The van der Waals surface area contributed by atoms with Gasteiger partial charge in [-0.1, -0.05) is 39.0 Å². The largest absolute Gasteiger partial charge is 0.506 e. The van der Waals surface area contributed by atoms with Gasteiger partial charge in [-0.25, -0.2) is 0 Å². The predicted octanol–water partition coefficient (Wildman–Crippen LogP) is 4.31. The highest BCUT2D eigenvalue weighted by atomic mass is 16.3. The number of pyridine rings is 1. The summed E-state index contributed by atoms with van der Waals surface area (Å²) < 4.78 is 0. The number of aromatic nitrogens is 1. The Balaban J connectivity index is 2.35. The molecule has 0 amide bonds. The molecule has 0 saturated heterocycles. The smallest absolute Gasteiger partial charge is 0.139 e. The molecule has 0 fully saturated rings. The minimum Gasteiger partial charge on any atom is -0.506 e. The molecule has 1 aromatic heterocycles. The van der Waals surface area contributed by atoms with Crippen molar-refractivity contribution in [3.05, 3.63) is 23.0 Å². The van der Waals surface area contributed by atoms with E-state index in [-0.39, 0.29) is 0 Å². The lowest BCUT2D eigenvalue weighted by molar-refractivity contribution is 0.461. The Morgan fingerprint density at radius 2 is 1.71 bits per heavy atom. The van der Waals surface area contributed by atoms with Gasteiger partial charge in [0.15, 0.2) is 0 Å². The van der Waals surface area contributed by atoms with E-state index in [0.29, 0.717) is 5.75 Å². The van der Waals surface area contributed by atoms with Crippen molar-refractivity contribution in [2.75, 3.05) is 0 Å². The quantitative estimate of drug-likeness (QED) is 0.714. The van der Waals surface area contributed by atoms with Gasteiger partial charge in [0.25, 0.3) is 0 Å². The summed E-state index contributed by atoms with van der Waals surface area (Å²) in [6.45, 7) is 6.07. The normalized spacial score (nSPS) is 10.8. The Hall–Kier alpha value is -1.05. The van der Waals surface area contributed by atoms with Crippen molar-refractivity contribution in [1.29, 1.82) is 0 Å². The lowest BCUT2D eigenvalue weighted by atomic mass is 10.0. The van der Waals surface area contributed by atoms with Crippen LogP contribution in [-0.2, 0) is 6.42 Å². The third-order valence-electron chi connectivity index (χ3n) is 3.39. The van der Waals surface area contributed by atoms with E-state index in [1.54, 1.807) is 0 Å². The molecule has 0 aromatic carbocycles. The van der Waals surface area contributed by atoms with Gasteiger partial charge < -0.3 is 5.11 Å². The van der Waals surface area contributed by atoms with E-state index >= 15 is 0 Å². The summed E-state index contributed by atoms with van der Waals surface area (Å²) in [4.78, 5) is 4.22. The summed E-state index contributed by atoms with van der Waals surface area (Å²) in [5.41, 5.74) is 2.93. The highest BCUT2D eigenvalue weighted by Gasteiger charge is 2.06. The van der Waals surface area contributed by atoms with Crippen molar-refractivity contribution < 1.29 is 5.11 Å². The summed E-state index contributed by atoms with van der Waals surface area (Å²) in [7, 11) is 0. The topological polar surface area (TPSA) is 33.1 Å². The molecule has 96 valence electrons. The van der Waals surface area contributed by atoms with Gasteiger partial charge in [0.05, 0.1) is 5.69 Å². The van der Waals surface area contributed by atoms with Gasteiger partial charge in [0, 0.05) is 6.20 Å². The van der Waals surface area contributed by atoms with Gasteiger partial charge in [0.1, 0.15) is 5.75 Å². The molecular weight excluding hydrogens is 210 g/mol. The molecule has 1 N–H and O–H groups in total. The van der Waals surface area contributed by atoms with Gasteiger partial charge >= 0.3 is 0 Å². The third kappa shape index (κ3) is 4.37. The molecule has 0 radical (unpaired) electrons. The summed E-state index contributed by atoms with van der Waals surface area (Å²) in [6.07, 6.45) is 10.8. The van der Waals surface area contributed by atoms with Crippen molar-refractivity contribution in [1.82, 2.24) is 4.98 Å². The number of unbranched alkanes of at least 4 members (excludes halogenated alkanes) is 5. The van der Waals surface area contributed by atoms with Crippen LogP contribution >= 0.6 is 0 Å². The maximum absolute atomic E-state index is 9.80. The van der Waals surface area contributed by atoms with E-state index in [9.17, 15) is 5.11 Å². The first-order valence-corrected chi connectivity index (χ1v) is 6.80. The lowest BCUT2D eigenvalue weighted by Gasteiger charge is -2.08. The molecule has 0 aliphatic carbocycles. The predicted molar refractivity (Wildman–Crippen MR) is 72.5 cm³/mol. The second-order valence-corrected chi connectivity index (χ2v) is 4.86. The van der Waals surface area contributed by atoms with Crippen LogP contribution in [0.5, 0.6) is 5.75 Å². The molecule has 1 heterocycles. The van der Waals surface area contributed by atoms with E-state index in [1.807, 2.05) is 20.0 Å². The monoisotopic (exact) mass is 235 g/mol. The number of nitrogens with zero attached hydrogens (tertiary/aromatic N) is 1. The zero-order valence-electron chi connectivity index (χ0n) is 11.4. The molecule has 0 aliphatic rings. The Morgan fingerprint density at radius 1 is 1.06 bits per heavy atom. The Bertz CT molecular complexity index is 347. The summed E-state index contributed by atoms with van der Waals surface area (Å²) >= 11 is 0. The number of hydrogen-bond donors (Lipinski definition) is 1. The fraction of sp³-hybridized carbons (Fsp3) is 0.667. The van der Waals surface area contributed by atoms with Crippen LogP contribution in [0.15, 0.2) is 6.20 Å². The number of rotatable bonds is 7. The van der Waals surface area contributed by atoms with E-state index in [2.05, 4.69) is 11.9 Å². The molecule has 0 unspecified atom stereocenters. The SMILES string of the molecule is CCCCCCCCc1cnc(C)c(O)c1C. The van der Waals surface area contributed by atoms with Crippen molar-refractivity contribution in [2.45, 2.75) is 65.7 Å². The molecule has 1 rings (SSSR count). The molecule has 0 bridgehead atoms. The fourth-order valence-electron chi connectivity index (χ4n) is 2.10. The first-order chi connectivity index (χ1) is 8.16. The van der Waals surface area contributed by atoms with Gasteiger partial charge in [-0.2, -0.15) is 0 Å². The standard InChI is InChI=1S/C15H25NO/c1-4-5-6-7-8-9-10-14-11-16-13(3)15(17)12(14)2/h11,17H,4-10H2,1-3H3. The molecule has 0 spiro atoms. The second-order valence-electron chi connectivity index (χ2n) is 4.86. The van der Waals surface area contributed by atoms with Gasteiger partial charge in [-0.3, -0.25) is 4.98 Å². The maximum Gasteiger partial charge on any atom is 0.139 e. The fourth-order valence-corrected chi connectivity index (χ4v) is 2.10. The average Bonchev–Trinajstić information content (AvgIpc) is 2.33. The number of aryl methyl sites for hydroxylation is 2.